The lowest BCUT2D eigenvalue weighted by Crippen LogP contribution is -2.15. The molecule has 0 aromatic carbocycles. The van der Waals surface area contributed by atoms with Gasteiger partial charge >= 0.3 is 0 Å². The van der Waals surface area contributed by atoms with Crippen LogP contribution in [0.3, 0.4) is 0 Å². The van der Waals surface area contributed by atoms with Crippen molar-refractivity contribution in [2.24, 2.45) is 5.16 Å². The van der Waals surface area contributed by atoms with Crippen LogP contribution in [0.25, 0.3) is 21.1 Å². The lowest BCUT2D eigenvalue weighted by Gasteiger charge is -2.17. The van der Waals surface area contributed by atoms with Crippen LogP contribution in [0.2, 0.25) is 0 Å². The Bertz CT molecular complexity index is 950. The van der Waals surface area contributed by atoms with Crippen molar-refractivity contribution in [3.8, 4) is 21.1 Å². The number of oxime groups is 1. The monoisotopic (exact) mass is 364 g/mol. The molecule has 3 aromatic rings. The molecule has 3 aromatic heterocycles. The van der Waals surface area contributed by atoms with Crippen molar-refractivity contribution in [2.45, 2.75) is 33.1 Å². The van der Waals surface area contributed by atoms with Crippen LogP contribution in [0.15, 0.2) is 41.8 Å². The maximum Gasteiger partial charge on any atom is 0.125 e. The van der Waals surface area contributed by atoms with Crippen molar-refractivity contribution in [1.29, 1.82) is 0 Å². The van der Waals surface area contributed by atoms with Crippen molar-refractivity contribution < 1.29 is 4.84 Å². The van der Waals surface area contributed by atoms with E-state index in [1.807, 2.05) is 32.2 Å². The highest BCUT2D eigenvalue weighted by atomic mass is 32.1. The predicted octanol–water partition coefficient (Wildman–Crippen LogP) is 4.65. The molecule has 1 aliphatic carbocycles. The minimum atomic E-state index is 0.570. The van der Waals surface area contributed by atoms with Gasteiger partial charge in [-0.2, -0.15) is 0 Å². The predicted molar refractivity (Wildman–Crippen MR) is 104 cm³/mol. The van der Waals surface area contributed by atoms with Gasteiger partial charge in [-0.1, -0.05) is 11.2 Å². The van der Waals surface area contributed by atoms with Gasteiger partial charge in [-0.05, 0) is 56.9 Å². The molecule has 0 saturated heterocycles. The largest absolute Gasteiger partial charge is 0.396 e. The zero-order valence-corrected chi connectivity index (χ0v) is 15.7. The molecule has 0 saturated carbocycles. The van der Waals surface area contributed by atoms with E-state index in [0.717, 1.165) is 57.5 Å². The van der Waals surface area contributed by atoms with Gasteiger partial charge in [-0.25, -0.2) is 9.97 Å². The van der Waals surface area contributed by atoms with E-state index in [9.17, 15) is 0 Å². The van der Waals surface area contributed by atoms with E-state index in [2.05, 4.69) is 22.3 Å². The summed E-state index contributed by atoms with van der Waals surface area (Å²) in [5.41, 5.74) is 6.12. The summed E-state index contributed by atoms with van der Waals surface area (Å²) in [6.07, 6.45) is 6.65. The number of fused-ring (bicyclic) bond motifs is 1. The molecule has 26 heavy (non-hydrogen) atoms. The summed E-state index contributed by atoms with van der Waals surface area (Å²) >= 11 is 1.65. The fraction of sp³-hybridized carbons (Fsp3) is 0.300. The molecule has 3 heterocycles. The number of aromatic nitrogens is 3. The normalized spacial score (nSPS) is 15.1. The van der Waals surface area contributed by atoms with Crippen LogP contribution in [0.4, 0.5) is 0 Å². The number of hydrogen-bond acceptors (Lipinski definition) is 6. The average Bonchev–Trinajstić information content (AvgIpc) is 3.08. The lowest BCUT2D eigenvalue weighted by atomic mass is 9.94. The highest BCUT2D eigenvalue weighted by molar-refractivity contribution is 7.18. The Morgan fingerprint density at radius 3 is 2.92 bits per heavy atom. The summed E-state index contributed by atoms with van der Waals surface area (Å²) in [6.45, 7) is 4.54. The Kier molecular flexibility index (Phi) is 4.75. The van der Waals surface area contributed by atoms with E-state index in [4.69, 9.17) is 14.8 Å². The van der Waals surface area contributed by atoms with Crippen molar-refractivity contribution >= 4 is 17.0 Å². The topological polar surface area (TPSA) is 60.3 Å². The second-order valence-electron chi connectivity index (χ2n) is 6.19. The van der Waals surface area contributed by atoms with Crippen LogP contribution in [0.1, 0.15) is 36.7 Å². The number of hydrogen-bond donors (Lipinski definition) is 0. The molecule has 0 radical (unpaired) electrons. The molecule has 6 heteroatoms. The lowest BCUT2D eigenvalue weighted by molar-refractivity contribution is 0.158. The van der Waals surface area contributed by atoms with Crippen LogP contribution in [0, 0.1) is 6.92 Å². The summed E-state index contributed by atoms with van der Waals surface area (Å²) in [4.78, 5) is 20.2. The molecule has 0 N–H and O–H groups in total. The van der Waals surface area contributed by atoms with Gasteiger partial charge in [-0.15, -0.1) is 11.3 Å². The van der Waals surface area contributed by atoms with Gasteiger partial charge in [-0.3, -0.25) is 4.98 Å². The fourth-order valence-electron chi connectivity index (χ4n) is 3.11. The number of aryl methyl sites for hydroxylation is 2. The first-order chi connectivity index (χ1) is 12.8. The van der Waals surface area contributed by atoms with Crippen LogP contribution in [0.5, 0.6) is 0 Å². The highest BCUT2D eigenvalue weighted by Gasteiger charge is 2.20. The molecule has 1 aliphatic rings. The standard InChI is InChI=1S/C20H20N4OS/c1-3-25-24-16-8-4-6-14-9-10-17(23-18(14)16)19-13(2)22-20(26-19)15-7-5-11-21-12-15/h5,7,9-12H,3-4,6,8H2,1-2H3. The van der Waals surface area contributed by atoms with E-state index in [1.165, 1.54) is 5.56 Å². The third-order valence-electron chi connectivity index (χ3n) is 4.35. The van der Waals surface area contributed by atoms with Gasteiger partial charge in [0.25, 0.3) is 0 Å². The van der Waals surface area contributed by atoms with E-state index in [0.29, 0.717) is 6.61 Å². The van der Waals surface area contributed by atoms with Gasteiger partial charge in [0, 0.05) is 18.0 Å². The molecular weight excluding hydrogens is 344 g/mol. The van der Waals surface area contributed by atoms with Crippen LogP contribution in [-0.4, -0.2) is 27.3 Å². The van der Waals surface area contributed by atoms with E-state index < -0.39 is 0 Å². The van der Waals surface area contributed by atoms with Gasteiger partial charge in [0.05, 0.1) is 22.0 Å². The number of thiazole rings is 1. The van der Waals surface area contributed by atoms with Gasteiger partial charge in [0.1, 0.15) is 17.3 Å². The first-order valence-corrected chi connectivity index (χ1v) is 9.65. The van der Waals surface area contributed by atoms with E-state index in [1.54, 1.807) is 17.5 Å². The van der Waals surface area contributed by atoms with Gasteiger partial charge in [0.2, 0.25) is 0 Å². The van der Waals surface area contributed by atoms with Gasteiger partial charge < -0.3 is 4.84 Å². The first-order valence-electron chi connectivity index (χ1n) is 8.83. The first kappa shape index (κ1) is 16.8. The quantitative estimate of drug-likeness (QED) is 0.632. The molecule has 5 nitrogen and oxygen atoms in total. The van der Waals surface area contributed by atoms with Crippen molar-refractivity contribution in [2.75, 3.05) is 6.61 Å². The van der Waals surface area contributed by atoms with Crippen LogP contribution in [-0.2, 0) is 11.3 Å². The third kappa shape index (κ3) is 3.24. The number of rotatable bonds is 4. The molecule has 0 unspecified atom stereocenters. The summed E-state index contributed by atoms with van der Waals surface area (Å²) in [5.74, 6) is 0. The fourth-order valence-corrected chi connectivity index (χ4v) is 4.14. The SMILES string of the molecule is CCON=C1CCCc2ccc(-c3sc(-c4cccnc4)nc3C)nc21. The third-order valence-corrected chi connectivity index (χ3v) is 5.58. The van der Waals surface area contributed by atoms with Crippen molar-refractivity contribution in [1.82, 2.24) is 15.0 Å². The Morgan fingerprint density at radius 2 is 2.12 bits per heavy atom. The zero-order chi connectivity index (χ0) is 17.9. The van der Waals surface area contributed by atoms with Gasteiger partial charge in [0.15, 0.2) is 0 Å². The summed E-state index contributed by atoms with van der Waals surface area (Å²) in [5, 5.41) is 5.25. The highest BCUT2D eigenvalue weighted by Crippen LogP contribution is 2.35. The van der Waals surface area contributed by atoms with Crippen LogP contribution >= 0.6 is 11.3 Å². The van der Waals surface area contributed by atoms with Crippen molar-refractivity contribution in [3.63, 3.8) is 0 Å². The Morgan fingerprint density at radius 1 is 1.19 bits per heavy atom. The molecule has 0 spiro atoms. The second kappa shape index (κ2) is 7.33. The zero-order valence-electron chi connectivity index (χ0n) is 14.9. The van der Waals surface area contributed by atoms with Crippen LogP contribution < -0.4 is 0 Å². The Balaban J connectivity index is 1.74. The molecule has 4 rings (SSSR count). The molecule has 132 valence electrons. The average molecular weight is 364 g/mol. The summed E-state index contributed by atoms with van der Waals surface area (Å²) in [7, 11) is 0. The molecule has 0 aliphatic heterocycles. The minimum absolute atomic E-state index is 0.570. The summed E-state index contributed by atoms with van der Waals surface area (Å²) in [6, 6.07) is 8.22. The maximum absolute atomic E-state index is 5.29. The van der Waals surface area contributed by atoms with E-state index in [-0.39, 0.29) is 0 Å². The molecule has 0 atom stereocenters. The molecular formula is C20H20N4OS. The second-order valence-corrected chi connectivity index (χ2v) is 7.19. The minimum Gasteiger partial charge on any atom is -0.396 e. The smallest absolute Gasteiger partial charge is 0.125 e. The van der Waals surface area contributed by atoms with Crippen molar-refractivity contribution in [3.05, 3.63) is 53.6 Å². The number of nitrogens with zero attached hydrogens (tertiary/aromatic N) is 4. The Labute approximate surface area is 156 Å². The Hall–Kier alpha value is -2.60. The van der Waals surface area contributed by atoms with E-state index >= 15 is 0 Å². The molecule has 0 bridgehead atoms. The number of pyridine rings is 2. The molecule has 0 fully saturated rings. The maximum atomic E-state index is 5.29. The molecule has 0 amide bonds. The summed E-state index contributed by atoms with van der Waals surface area (Å²) < 4.78 is 0.